The van der Waals surface area contributed by atoms with E-state index >= 15 is 0 Å². The van der Waals surface area contributed by atoms with Crippen LogP contribution in [0.1, 0.15) is 35.1 Å². The number of benzene rings is 1. The number of rotatable bonds is 4. The molecule has 1 amide bonds. The van der Waals surface area contributed by atoms with E-state index in [1.54, 1.807) is 19.3 Å². The number of nitrogens with zero attached hydrogens (tertiary/aromatic N) is 4. The molecule has 3 aromatic rings. The highest BCUT2D eigenvalue weighted by Gasteiger charge is 2.36. The molecule has 8 heteroatoms. The van der Waals surface area contributed by atoms with Gasteiger partial charge >= 0.3 is 0 Å². The van der Waals surface area contributed by atoms with Crippen LogP contribution in [0.5, 0.6) is 0 Å². The number of piperidine rings is 1. The first-order valence-electron chi connectivity index (χ1n) is 10.8. The second-order valence-corrected chi connectivity index (χ2v) is 8.32. The van der Waals surface area contributed by atoms with Crippen LogP contribution in [0.25, 0.3) is 10.9 Å². The predicted molar refractivity (Wildman–Crippen MR) is 120 cm³/mol. The molecule has 1 aromatic carbocycles. The Kier molecular flexibility index (Phi) is 5.15. The van der Waals surface area contributed by atoms with Crippen molar-refractivity contribution >= 4 is 22.5 Å². The van der Waals surface area contributed by atoms with E-state index in [1.165, 1.54) is 0 Å². The van der Waals surface area contributed by atoms with Gasteiger partial charge in [0.25, 0.3) is 11.5 Å². The molecule has 2 aromatic heterocycles. The van der Waals surface area contributed by atoms with Crippen LogP contribution < -0.4 is 15.8 Å². The third-order valence-electron chi connectivity index (χ3n) is 6.48. The second-order valence-electron chi connectivity index (χ2n) is 8.32. The van der Waals surface area contributed by atoms with E-state index in [1.807, 2.05) is 30.3 Å². The van der Waals surface area contributed by atoms with E-state index in [0.717, 1.165) is 56.0 Å². The number of hydrogen-bond acceptors (Lipinski definition) is 6. The summed E-state index contributed by atoms with van der Waals surface area (Å²) in [4.78, 5) is 40.8. The van der Waals surface area contributed by atoms with Crippen molar-refractivity contribution in [1.29, 1.82) is 0 Å². The number of pyridine rings is 1. The van der Waals surface area contributed by atoms with Gasteiger partial charge in [-0.05, 0) is 37.1 Å². The molecule has 0 saturated carbocycles. The fraction of sp³-hybridized carbons (Fsp3) is 0.391. The molecule has 160 valence electrons. The molecule has 0 spiro atoms. The SMILES string of the molecule is CNC(=O)c1ccc(N2CCC(N3CC(c4nc5ccccc5c(=O)[nH]4)C3)CC2)cn1. The number of carbonyl (C=O) groups excluding carboxylic acids is 1. The first-order valence-corrected chi connectivity index (χ1v) is 10.8. The maximum atomic E-state index is 12.3. The van der Waals surface area contributed by atoms with Gasteiger partial charge in [-0.3, -0.25) is 14.5 Å². The summed E-state index contributed by atoms with van der Waals surface area (Å²) >= 11 is 0. The average Bonchev–Trinajstić information content (AvgIpc) is 2.78. The predicted octanol–water partition coefficient (Wildman–Crippen LogP) is 1.75. The fourth-order valence-corrected chi connectivity index (χ4v) is 4.61. The Morgan fingerprint density at radius 2 is 1.90 bits per heavy atom. The summed E-state index contributed by atoms with van der Waals surface area (Å²) in [6.07, 6.45) is 3.96. The van der Waals surface area contributed by atoms with Crippen molar-refractivity contribution in [2.75, 3.05) is 38.1 Å². The highest BCUT2D eigenvalue weighted by Crippen LogP contribution is 2.31. The molecule has 0 unspecified atom stereocenters. The second kappa shape index (κ2) is 8.11. The zero-order valence-corrected chi connectivity index (χ0v) is 17.5. The van der Waals surface area contributed by atoms with Gasteiger partial charge in [-0.25, -0.2) is 9.97 Å². The van der Waals surface area contributed by atoms with Gasteiger partial charge in [-0.2, -0.15) is 0 Å². The number of nitrogens with one attached hydrogen (secondary N) is 2. The number of amides is 1. The van der Waals surface area contributed by atoms with Crippen LogP contribution in [0.15, 0.2) is 47.4 Å². The maximum Gasteiger partial charge on any atom is 0.269 e. The van der Waals surface area contributed by atoms with Crippen molar-refractivity contribution < 1.29 is 4.79 Å². The molecule has 4 heterocycles. The Balaban J connectivity index is 1.17. The summed E-state index contributed by atoms with van der Waals surface area (Å²) in [6, 6.07) is 11.8. The lowest BCUT2D eigenvalue weighted by Gasteiger charge is -2.47. The van der Waals surface area contributed by atoms with Crippen molar-refractivity contribution in [2.24, 2.45) is 0 Å². The highest BCUT2D eigenvalue weighted by atomic mass is 16.1. The van der Waals surface area contributed by atoms with Crippen molar-refractivity contribution in [1.82, 2.24) is 25.2 Å². The van der Waals surface area contributed by atoms with E-state index in [4.69, 9.17) is 0 Å². The third-order valence-corrected chi connectivity index (χ3v) is 6.48. The molecule has 2 aliphatic heterocycles. The van der Waals surface area contributed by atoms with E-state index in [2.05, 4.69) is 30.1 Å². The van der Waals surface area contributed by atoms with Gasteiger partial charge < -0.3 is 15.2 Å². The summed E-state index contributed by atoms with van der Waals surface area (Å²) in [7, 11) is 1.61. The standard InChI is InChI=1S/C23H26N6O2/c1-24-23(31)20-7-6-17(12-25-20)28-10-8-16(9-11-28)29-13-15(14-29)21-26-19-5-3-2-4-18(19)22(30)27-21/h2-7,12,15-16H,8-11,13-14H2,1H3,(H,24,31)(H,26,27,30). The molecule has 0 radical (unpaired) electrons. The number of carbonyl (C=O) groups is 1. The molecular formula is C23H26N6O2. The van der Waals surface area contributed by atoms with Crippen molar-refractivity contribution in [3.05, 3.63) is 64.5 Å². The van der Waals surface area contributed by atoms with Crippen LogP contribution in [0.2, 0.25) is 0 Å². The van der Waals surface area contributed by atoms with Gasteiger partial charge in [0.05, 0.1) is 22.8 Å². The number of aromatic amines is 1. The lowest BCUT2D eigenvalue weighted by Crippen LogP contribution is -2.54. The minimum Gasteiger partial charge on any atom is -0.370 e. The Morgan fingerprint density at radius 3 is 2.61 bits per heavy atom. The Bertz CT molecular complexity index is 1140. The zero-order chi connectivity index (χ0) is 21.4. The molecule has 5 rings (SSSR count). The minimum atomic E-state index is -0.167. The third kappa shape index (κ3) is 3.79. The van der Waals surface area contributed by atoms with Gasteiger partial charge in [0.2, 0.25) is 0 Å². The largest absolute Gasteiger partial charge is 0.370 e. The number of para-hydroxylation sites is 1. The van der Waals surface area contributed by atoms with Gasteiger partial charge in [0.1, 0.15) is 11.5 Å². The highest BCUT2D eigenvalue weighted by molar-refractivity contribution is 5.92. The average molecular weight is 419 g/mol. The molecule has 0 atom stereocenters. The maximum absolute atomic E-state index is 12.3. The number of H-pyrrole nitrogens is 1. The Morgan fingerprint density at radius 1 is 1.13 bits per heavy atom. The number of anilines is 1. The molecule has 31 heavy (non-hydrogen) atoms. The number of aromatic nitrogens is 3. The van der Waals surface area contributed by atoms with Crippen LogP contribution in [0.3, 0.4) is 0 Å². The van der Waals surface area contributed by atoms with Gasteiger partial charge in [0, 0.05) is 45.2 Å². The molecule has 2 saturated heterocycles. The van der Waals surface area contributed by atoms with E-state index < -0.39 is 0 Å². The molecule has 8 nitrogen and oxygen atoms in total. The van der Waals surface area contributed by atoms with Crippen molar-refractivity contribution in [3.63, 3.8) is 0 Å². The van der Waals surface area contributed by atoms with E-state index in [-0.39, 0.29) is 17.4 Å². The topological polar surface area (TPSA) is 94.2 Å². The van der Waals surface area contributed by atoms with Crippen LogP contribution in [-0.4, -0.2) is 65.0 Å². The Labute approximate surface area is 180 Å². The number of likely N-dealkylation sites (tertiary alicyclic amines) is 1. The first kappa shape index (κ1) is 19.7. The van der Waals surface area contributed by atoms with Gasteiger partial charge in [-0.15, -0.1) is 0 Å². The summed E-state index contributed by atoms with van der Waals surface area (Å²) < 4.78 is 0. The minimum absolute atomic E-state index is 0.0524. The molecule has 0 aliphatic carbocycles. The quantitative estimate of drug-likeness (QED) is 0.670. The van der Waals surface area contributed by atoms with Crippen LogP contribution >= 0.6 is 0 Å². The van der Waals surface area contributed by atoms with Crippen molar-refractivity contribution in [2.45, 2.75) is 24.8 Å². The summed E-state index contributed by atoms with van der Waals surface area (Å²) in [6.45, 7) is 3.82. The normalized spacial score (nSPS) is 18.2. The number of fused-ring (bicyclic) bond motifs is 1. The summed E-state index contributed by atoms with van der Waals surface area (Å²) in [5.41, 5.74) is 2.21. The van der Waals surface area contributed by atoms with E-state index in [0.29, 0.717) is 17.1 Å². The first-order chi connectivity index (χ1) is 15.1. The Hall–Kier alpha value is -3.26. The lowest BCUT2D eigenvalue weighted by atomic mass is 9.92. The number of hydrogen-bond donors (Lipinski definition) is 2. The molecule has 0 bridgehead atoms. The smallest absolute Gasteiger partial charge is 0.269 e. The van der Waals surface area contributed by atoms with Gasteiger partial charge in [-0.1, -0.05) is 12.1 Å². The van der Waals surface area contributed by atoms with Crippen LogP contribution in [0.4, 0.5) is 5.69 Å². The van der Waals surface area contributed by atoms with Crippen molar-refractivity contribution in [3.8, 4) is 0 Å². The van der Waals surface area contributed by atoms with Crippen LogP contribution in [0, 0.1) is 0 Å². The molecule has 2 fully saturated rings. The van der Waals surface area contributed by atoms with E-state index in [9.17, 15) is 9.59 Å². The molecule has 2 N–H and O–H groups in total. The summed E-state index contributed by atoms with van der Waals surface area (Å²) in [5.74, 6) is 0.927. The fourth-order valence-electron chi connectivity index (χ4n) is 4.61. The van der Waals surface area contributed by atoms with Crippen LogP contribution in [-0.2, 0) is 0 Å². The zero-order valence-electron chi connectivity index (χ0n) is 17.5. The monoisotopic (exact) mass is 418 g/mol. The molecular weight excluding hydrogens is 392 g/mol. The lowest BCUT2D eigenvalue weighted by molar-refractivity contribution is 0.0733. The summed E-state index contributed by atoms with van der Waals surface area (Å²) in [5, 5.41) is 3.24. The van der Waals surface area contributed by atoms with Gasteiger partial charge in [0.15, 0.2) is 0 Å². The molecule has 2 aliphatic rings.